The van der Waals surface area contributed by atoms with E-state index in [-0.39, 0.29) is 5.91 Å². The van der Waals surface area contributed by atoms with Gasteiger partial charge in [-0.05, 0) is 54.0 Å². The molecule has 2 rings (SSSR count). The first kappa shape index (κ1) is 12.6. The maximum atomic E-state index is 11.9. The number of nitrogens with zero attached hydrogens (tertiary/aromatic N) is 1. The zero-order valence-electron chi connectivity index (χ0n) is 9.95. The van der Waals surface area contributed by atoms with E-state index in [2.05, 4.69) is 33.2 Å². The first-order valence-electron chi connectivity index (χ1n) is 5.88. The van der Waals surface area contributed by atoms with Crippen LogP contribution in [-0.2, 0) is 0 Å². The lowest BCUT2D eigenvalue weighted by Gasteiger charge is -2.12. The van der Waals surface area contributed by atoms with Crippen molar-refractivity contribution in [3.8, 4) is 0 Å². The van der Waals surface area contributed by atoms with Crippen LogP contribution < -0.4 is 5.32 Å². The largest absolute Gasteiger partial charge is 0.352 e. The lowest BCUT2D eigenvalue weighted by molar-refractivity contribution is 0.0947. The van der Waals surface area contributed by atoms with Crippen LogP contribution in [0, 0.1) is 5.92 Å². The third-order valence-corrected chi connectivity index (χ3v) is 3.85. The van der Waals surface area contributed by atoms with Crippen LogP contribution in [0.2, 0.25) is 0 Å². The van der Waals surface area contributed by atoms with Gasteiger partial charge in [0, 0.05) is 17.6 Å². The molecule has 1 saturated heterocycles. The van der Waals surface area contributed by atoms with Crippen molar-refractivity contribution in [2.75, 3.05) is 26.7 Å². The van der Waals surface area contributed by atoms with Gasteiger partial charge in [-0.25, -0.2) is 0 Å². The highest BCUT2D eigenvalue weighted by molar-refractivity contribution is 9.10. The predicted molar refractivity (Wildman–Crippen MR) is 72.1 cm³/mol. The SMILES string of the molecule is CN1CCC(CNC(=O)c2ccccc2Br)C1. The standard InChI is InChI=1S/C13H17BrN2O/c1-16-7-6-10(9-16)8-15-13(17)11-4-2-3-5-12(11)14/h2-5,10H,6-9H2,1H3,(H,15,17). The zero-order valence-corrected chi connectivity index (χ0v) is 11.5. The molecule has 1 aliphatic rings. The highest BCUT2D eigenvalue weighted by Gasteiger charge is 2.20. The number of rotatable bonds is 3. The van der Waals surface area contributed by atoms with Gasteiger partial charge in [-0.15, -0.1) is 0 Å². The van der Waals surface area contributed by atoms with E-state index in [9.17, 15) is 4.79 Å². The van der Waals surface area contributed by atoms with Crippen LogP contribution in [-0.4, -0.2) is 37.5 Å². The second-order valence-electron chi connectivity index (χ2n) is 4.61. The van der Waals surface area contributed by atoms with Crippen LogP contribution in [0.25, 0.3) is 0 Å². The molecule has 0 spiro atoms. The summed E-state index contributed by atoms with van der Waals surface area (Å²) >= 11 is 3.39. The summed E-state index contributed by atoms with van der Waals surface area (Å²) in [6.07, 6.45) is 1.17. The van der Waals surface area contributed by atoms with Crippen LogP contribution in [0.1, 0.15) is 16.8 Å². The van der Waals surface area contributed by atoms with Gasteiger partial charge in [0.15, 0.2) is 0 Å². The molecule has 4 heteroatoms. The van der Waals surface area contributed by atoms with Gasteiger partial charge in [0.25, 0.3) is 5.91 Å². The van der Waals surface area contributed by atoms with E-state index in [4.69, 9.17) is 0 Å². The molecule has 0 bridgehead atoms. The van der Waals surface area contributed by atoms with Crippen LogP contribution >= 0.6 is 15.9 Å². The van der Waals surface area contributed by atoms with E-state index in [0.29, 0.717) is 11.5 Å². The van der Waals surface area contributed by atoms with Gasteiger partial charge in [-0.1, -0.05) is 12.1 Å². The number of likely N-dealkylation sites (tertiary alicyclic amines) is 1. The Bertz CT molecular complexity index is 408. The van der Waals surface area contributed by atoms with Crippen LogP contribution in [0.5, 0.6) is 0 Å². The van der Waals surface area contributed by atoms with Gasteiger partial charge < -0.3 is 10.2 Å². The quantitative estimate of drug-likeness (QED) is 0.927. The number of carbonyl (C=O) groups excluding carboxylic acids is 1. The highest BCUT2D eigenvalue weighted by Crippen LogP contribution is 2.16. The van der Waals surface area contributed by atoms with E-state index in [1.807, 2.05) is 24.3 Å². The second-order valence-corrected chi connectivity index (χ2v) is 5.46. The Hall–Kier alpha value is -0.870. The summed E-state index contributed by atoms with van der Waals surface area (Å²) in [5.41, 5.74) is 0.707. The van der Waals surface area contributed by atoms with E-state index < -0.39 is 0 Å². The monoisotopic (exact) mass is 296 g/mol. The van der Waals surface area contributed by atoms with Crippen LogP contribution in [0.3, 0.4) is 0 Å². The summed E-state index contributed by atoms with van der Waals surface area (Å²) in [6, 6.07) is 7.51. The minimum atomic E-state index is 0.00651. The number of halogens is 1. The number of nitrogens with one attached hydrogen (secondary N) is 1. The molecule has 0 saturated carbocycles. The molecule has 1 N–H and O–H groups in total. The lowest BCUT2D eigenvalue weighted by Crippen LogP contribution is -2.30. The predicted octanol–water partition coefficient (Wildman–Crippen LogP) is 2.13. The molecule has 92 valence electrons. The van der Waals surface area contributed by atoms with Crippen molar-refractivity contribution in [3.05, 3.63) is 34.3 Å². The fourth-order valence-corrected chi connectivity index (χ4v) is 2.64. The molecule has 0 aromatic heterocycles. The Labute approximate surface area is 110 Å². The normalized spacial score (nSPS) is 20.5. The van der Waals surface area contributed by atoms with Crippen molar-refractivity contribution in [3.63, 3.8) is 0 Å². The van der Waals surface area contributed by atoms with E-state index >= 15 is 0 Å². The molecule has 0 aliphatic carbocycles. The molecule has 1 fully saturated rings. The molecule has 1 atom stereocenters. The van der Waals surface area contributed by atoms with Gasteiger partial charge in [-0.3, -0.25) is 4.79 Å². The van der Waals surface area contributed by atoms with E-state index in [0.717, 1.165) is 24.1 Å². The molecular formula is C13H17BrN2O. The third kappa shape index (κ3) is 3.30. The molecule has 1 unspecified atom stereocenters. The molecule has 3 nitrogen and oxygen atoms in total. The minimum Gasteiger partial charge on any atom is -0.352 e. The number of hydrogen-bond acceptors (Lipinski definition) is 2. The van der Waals surface area contributed by atoms with Gasteiger partial charge in [0.1, 0.15) is 0 Å². The number of amides is 1. The second kappa shape index (κ2) is 5.65. The third-order valence-electron chi connectivity index (χ3n) is 3.16. The fraction of sp³-hybridized carbons (Fsp3) is 0.462. The highest BCUT2D eigenvalue weighted by atomic mass is 79.9. The zero-order chi connectivity index (χ0) is 12.3. The summed E-state index contributed by atoms with van der Waals surface area (Å²) in [5.74, 6) is 0.596. The first-order chi connectivity index (χ1) is 8.16. The molecule has 1 aliphatic heterocycles. The van der Waals surface area contributed by atoms with Gasteiger partial charge in [0.05, 0.1) is 5.56 Å². The Morgan fingerprint density at radius 2 is 2.29 bits per heavy atom. The summed E-state index contributed by atoms with van der Waals surface area (Å²) < 4.78 is 0.848. The van der Waals surface area contributed by atoms with Gasteiger partial charge >= 0.3 is 0 Å². The van der Waals surface area contributed by atoms with Crippen molar-refractivity contribution < 1.29 is 4.79 Å². The van der Waals surface area contributed by atoms with Crippen molar-refractivity contribution >= 4 is 21.8 Å². The minimum absolute atomic E-state index is 0.00651. The molecular weight excluding hydrogens is 280 g/mol. The number of benzene rings is 1. The molecule has 1 heterocycles. The molecule has 0 radical (unpaired) electrons. The number of hydrogen-bond donors (Lipinski definition) is 1. The topological polar surface area (TPSA) is 32.3 Å². The van der Waals surface area contributed by atoms with Crippen molar-refractivity contribution in [2.24, 2.45) is 5.92 Å². The van der Waals surface area contributed by atoms with Crippen molar-refractivity contribution in [1.29, 1.82) is 0 Å². The smallest absolute Gasteiger partial charge is 0.252 e. The summed E-state index contributed by atoms with van der Waals surface area (Å²) in [6.45, 7) is 2.98. The average Bonchev–Trinajstić information content (AvgIpc) is 2.73. The molecule has 1 amide bonds. The molecule has 1 aromatic rings. The maximum absolute atomic E-state index is 11.9. The fourth-order valence-electron chi connectivity index (χ4n) is 2.17. The summed E-state index contributed by atoms with van der Waals surface area (Å²) in [4.78, 5) is 14.2. The Balaban J connectivity index is 1.88. The summed E-state index contributed by atoms with van der Waals surface area (Å²) in [7, 11) is 2.12. The first-order valence-corrected chi connectivity index (χ1v) is 6.67. The van der Waals surface area contributed by atoms with Crippen molar-refractivity contribution in [1.82, 2.24) is 10.2 Å². The maximum Gasteiger partial charge on any atom is 0.252 e. The average molecular weight is 297 g/mol. The Morgan fingerprint density at radius 1 is 1.53 bits per heavy atom. The molecule has 1 aromatic carbocycles. The summed E-state index contributed by atoms with van der Waals surface area (Å²) in [5, 5.41) is 3.01. The van der Waals surface area contributed by atoms with Crippen LogP contribution in [0.15, 0.2) is 28.7 Å². The van der Waals surface area contributed by atoms with Crippen LogP contribution in [0.4, 0.5) is 0 Å². The molecule has 17 heavy (non-hydrogen) atoms. The van der Waals surface area contributed by atoms with Gasteiger partial charge in [-0.2, -0.15) is 0 Å². The number of carbonyl (C=O) groups is 1. The van der Waals surface area contributed by atoms with E-state index in [1.165, 1.54) is 6.42 Å². The van der Waals surface area contributed by atoms with E-state index in [1.54, 1.807) is 0 Å². The van der Waals surface area contributed by atoms with Crippen molar-refractivity contribution in [2.45, 2.75) is 6.42 Å². The Kier molecular flexibility index (Phi) is 4.18. The lowest BCUT2D eigenvalue weighted by atomic mass is 10.1. The Morgan fingerprint density at radius 3 is 2.94 bits per heavy atom. The van der Waals surface area contributed by atoms with Gasteiger partial charge in [0.2, 0.25) is 0 Å².